The SMILES string of the molecule is Cc1nn(C)c2nc(-c3cccs3)cc(C(=O)N3CCC(CC(=O)N4CCCC4)CC3)c12. The van der Waals surface area contributed by atoms with E-state index < -0.39 is 0 Å². The lowest BCUT2D eigenvalue weighted by Gasteiger charge is -2.32. The molecule has 2 aliphatic heterocycles. The third-order valence-corrected chi connectivity index (χ3v) is 7.69. The molecule has 2 fully saturated rings. The summed E-state index contributed by atoms with van der Waals surface area (Å²) < 4.78 is 1.76. The fourth-order valence-corrected chi connectivity index (χ4v) is 5.70. The number of carbonyl (C=O) groups is 2. The highest BCUT2D eigenvalue weighted by Gasteiger charge is 2.29. The Morgan fingerprint density at radius 1 is 1.12 bits per heavy atom. The smallest absolute Gasteiger partial charge is 0.254 e. The summed E-state index contributed by atoms with van der Waals surface area (Å²) in [4.78, 5) is 35.9. The summed E-state index contributed by atoms with van der Waals surface area (Å²) in [5, 5.41) is 7.38. The maximum atomic E-state index is 13.6. The number of carbonyl (C=O) groups excluding carboxylic acids is 2. The molecule has 8 heteroatoms. The summed E-state index contributed by atoms with van der Waals surface area (Å²) >= 11 is 1.62. The predicted octanol–water partition coefficient (Wildman–Crippen LogP) is 3.87. The molecule has 2 saturated heterocycles. The molecule has 0 spiro atoms. The number of hydrogen-bond donors (Lipinski definition) is 0. The number of piperidine rings is 1. The number of amides is 2. The molecule has 0 bridgehead atoms. The van der Waals surface area contributed by atoms with Crippen LogP contribution in [0.3, 0.4) is 0 Å². The zero-order chi connectivity index (χ0) is 22.2. The Bertz CT molecular complexity index is 1140. The third kappa shape index (κ3) is 3.92. The van der Waals surface area contributed by atoms with Gasteiger partial charge in [-0.15, -0.1) is 11.3 Å². The molecular formula is C24H29N5O2S. The minimum atomic E-state index is 0.0376. The summed E-state index contributed by atoms with van der Waals surface area (Å²) in [6.07, 6.45) is 4.62. The summed E-state index contributed by atoms with van der Waals surface area (Å²) in [5.41, 5.74) is 3.05. The fraction of sp³-hybridized carbons (Fsp3) is 0.500. The van der Waals surface area contributed by atoms with Crippen LogP contribution in [0.1, 0.15) is 48.2 Å². The van der Waals surface area contributed by atoms with E-state index in [-0.39, 0.29) is 11.8 Å². The van der Waals surface area contributed by atoms with E-state index in [1.54, 1.807) is 16.0 Å². The van der Waals surface area contributed by atoms with Crippen molar-refractivity contribution in [3.05, 3.63) is 34.8 Å². The number of likely N-dealkylation sites (tertiary alicyclic amines) is 2. The minimum absolute atomic E-state index is 0.0376. The van der Waals surface area contributed by atoms with Gasteiger partial charge in [0.1, 0.15) is 0 Å². The van der Waals surface area contributed by atoms with Crippen LogP contribution in [0.15, 0.2) is 23.6 Å². The van der Waals surface area contributed by atoms with E-state index in [2.05, 4.69) is 5.10 Å². The van der Waals surface area contributed by atoms with Gasteiger partial charge in [0.25, 0.3) is 5.91 Å². The first-order valence-electron chi connectivity index (χ1n) is 11.5. The summed E-state index contributed by atoms with van der Waals surface area (Å²) in [7, 11) is 1.87. The maximum Gasteiger partial charge on any atom is 0.254 e. The van der Waals surface area contributed by atoms with Crippen molar-refractivity contribution in [1.29, 1.82) is 0 Å². The lowest BCUT2D eigenvalue weighted by molar-refractivity contribution is -0.131. The first-order chi connectivity index (χ1) is 15.5. The molecule has 3 aromatic heterocycles. The molecule has 7 nitrogen and oxygen atoms in total. The van der Waals surface area contributed by atoms with Crippen LogP contribution in [-0.4, -0.2) is 62.6 Å². The van der Waals surface area contributed by atoms with Crippen LogP contribution in [0.25, 0.3) is 21.6 Å². The zero-order valence-electron chi connectivity index (χ0n) is 18.7. The van der Waals surface area contributed by atoms with Crippen LogP contribution in [0, 0.1) is 12.8 Å². The molecule has 5 heterocycles. The Hall–Kier alpha value is -2.74. The van der Waals surface area contributed by atoms with E-state index in [0.29, 0.717) is 31.0 Å². The molecule has 0 N–H and O–H groups in total. The summed E-state index contributed by atoms with van der Waals surface area (Å²) in [6.45, 7) is 5.13. The van der Waals surface area contributed by atoms with Crippen molar-refractivity contribution in [2.75, 3.05) is 26.2 Å². The van der Waals surface area contributed by atoms with Gasteiger partial charge in [-0.3, -0.25) is 14.3 Å². The van der Waals surface area contributed by atoms with E-state index in [0.717, 1.165) is 66.1 Å². The predicted molar refractivity (Wildman–Crippen MR) is 126 cm³/mol. The van der Waals surface area contributed by atoms with E-state index in [1.807, 2.05) is 47.4 Å². The number of aryl methyl sites for hydroxylation is 2. The first-order valence-corrected chi connectivity index (χ1v) is 12.3. The van der Waals surface area contributed by atoms with Crippen molar-refractivity contribution in [2.45, 2.75) is 39.0 Å². The highest BCUT2D eigenvalue weighted by Crippen LogP contribution is 2.31. The van der Waals surface area contributed by atoms with Gasteiger partial charge in [0.15, 0.2) is 5.65 Å². The van der Waals surface area contributed by atoms with Gasteiger partial charge < -0.3 is 9.80 Å². The highest BCUT2D eigenvalue weighted by molar-refractivity contribution is 7.13. The number of nitrogens with zero attached hydrogens (tertiary/aromatic N) is 5. The molecule has 0 atom stereocenters. The van der Waals surface area contributed by atoms with Crippen LogP contribution in [0.4, 0.5) is 0 Å². The zero-order valence-corrected chi connectivity index (χ0v) is 19.5. The number of aromatic nitrogens is 3. The average Bonchev–Trinajstić information content (AvgIpc) is 3.56. The summed E-state index contributed by atoms with van der Waals surface area (Å²) in [5.74, 6) is 0.691. The highest BCUT2D eigenvalue weighted by atomic mass is 32.1. The molecule has 0 radical (unpaired) electrons. The number of pyridine rings is 1. The van der Waals surface area contributed by atoms with Gasteiger partial charge >= 0.3 is 0 Å². The second-order valence-corrected chi connectivity index (χ2v) is 9.92. The summed E-state index contributed by atoms with van der Waals surface area (Å²) in [6, 6.07) is 5.95. The average molecular weight is 452 g/mol. The maximum absolute atomic E-state index is 13.6. The number of fused-ring (bicyclic) bond motifs is 1. The second kappa shape index (κ2) is 8.65. The Morgan fingerprint density at radius 3 is 2.56 bits per heavy atom. The van der Waals surface area contributed by atoms with Crippen molar-refractivity contribution < 1.29 is 9.59 Å². The van der Waals surface area contributed by atoms with Crippen LogP contribution in [-0.2, 0) is 11.8 Å². The molecule has 168 valence electrons. The molecule has 32 heavy (non-hydrogen) atoms. The van der Waals surface area contributed by atoms with Crippen LogP contribution >= 0.6 is 11.3 Å². The topological polar surface area (TPSA) is 71.3 Å². The molecule has 5 rings (SSSR count). The molecule has 3 aromatic rings. The van der Waals surface area contributed by atoms with Crippen LogP contribution in [0.5, 0.6) is 0 Å². The van der Waals surface area contributed by atoms with Gasteiger partial charge in [-0.05, 0) is 56.0 Å². The Morgan fingerprint density at radius 2 is 1.88 bits per heavy atom. The number of thiophene rings is 1. The Kier molecular flexibility index (Phi) is 5.71. The van der Waals surface area contributed by atoms with Crippen molar-refractivity contribution in [2.24, 2.45) is 13.0 Å². The van der Waals surface area contributed by atoms with Gasteiger partial charge in [-0.25, -0.2) is 4.98 Å². The second-order valence-electron chi connectivity index (χ2n) is 8.97. The monoisotopic (exact) mass is 451 g/mol. The van der Waals surface area contributed by atoms with Crippen molar-refractivity contribution in [3.63, 3.8) is 0 Å². The molecule has 0 aromatic carbocycles. The lowest BCUT2D eigenvalue weighted by Crippen LogP contribution is -2.40. The van der Waals surface area contributed by atoms with Gasteiger partial charge in [0.2, 0.25) is 5.91 Å². The molecule has 0 unspecified atom stereocenters. The molecule has 2 amide bonds. The van der Waals surface area contributed by atoms with Crippen molar-refractivity contribution >= 4 is 34.2 Å². The van der Waals surface area contributed by atoms with E-state index >= 15 is 0 Å². The van der Waals surface area contributed by atoms with E-state index in [4.69, 9.17) is 4.98 Å². The van der Waals surface area contributed by atoms with Crippen LogP contribution in [0.2, 0.25) is 0 Å². The van der Waals surface area contributed by atoms with Crippen LogP contribution < -0.4 is 0 Å². The largest absolute Gasteiger partial charge is 0.343 e. The first kappa shape index (κ1) is 21.1. The molecule has 0 aliphatic carbocycles. The van der Waals surface area contributed by atoms with E-state index in [1.165, 1.54) is 0 Å². The Labute approximate surface area is 192 Å². The van der Waals surface area contributed by atoms with Crippen molar-refractivity contribution in [3.8, 4) is 10.6 Å². The standard InChI is InChI=1S/C24H29N5O2S/c1-16-22-18(15-19(20-6-5-13-32-20)25-23(22)27(2)26-16)24(31)29-11-7-17(8-12-29)14-21(30)28-9-3-4-10-28/h5-6,13,15,17H,3-4,7-12,14H2,1-2H3. The third-order valence-electron chi connectivity index (χ3n) is 6.80. The lowest BCUT2D eigenvalue weighted by atomic mass is 9.92. The quantitative estimate of drug-likeness (QED) is 0.604. The molecule has 2 aliphatic rings. The number of hydrogen-bond acceptors (Lipinski definition) is 5. The van der Waals surface area contributed by atoms with Gasteiger partial charge in [0.05, 0.1) is 27.2 Å². The minimum Gasteiger partial charge on any atom is -0.343 e. The molecule has 0 saturated carbocycles. The fourth-order valence-electron chi connectivity index (χ4n) is 5.02. The van der Waals surface area contributed by atoms with Crippen molar-refractivity contribution in [1.82, 2.24) is 24.6 Å². The number of rotatable bonds is 4. The molecular weight excluding hydrogens is 422 g/mol. The Balaban J connectivity index is 1.35. The van der Waals surface area contributed by atoms with Gasteiger partial charge in [-0.2, -0.15) is 5.10 Å². The van der Waals surface area contributed by atoms with Gasteiger partial charge in [-0.1, -0.05) is 6.07 Å². The van der Waals surface area contributed by atoms with Gasteiger partial charge in [0, 0.05) is 39.6 Å². The van der Waals surface area contributed by atoms with E-state index in [9.17, 15) is 9.59 Å². The normalized spacial score (nSPS) is 17.4.